The number of carbonyl (C=O) groups excluding carboxylic acids is 3. The summed E-state index contributed by atoms with van der Waals surface area (Å²) in [6.45, 7) is 2.88. The number of aromatic amines is 1. The number of H-pyrrole nitrogens is 1. The SMILES string of the molecule is CCCNC(=O)CC[C@H]1NC(=O)N(CCc2c[nH]c3ccc(OC)cc23)C1=O. The van der Waals surface area contributed by atoms with Crippen LogP contribution in [0.1, 0.15) is 31.7 Å². The molecule has 2 heterocycles. The second-order valence-electron chi connectivity index (χ2n) is 6.86. The number of hydrogen-bond acceptors (Lipinski definition) is 4. The lowest BCUT2D eigenvalue weighted by atomic mass is 10.1. The van der Waals surface area contributed by atoms with Crippen molar-refractivity contribution in [1.82, 2.24) is 20.5 Å². The maximum atomic E-state index is 12.5. The predicted molar refractivity (Wildman–Crippen MR) is 105 cm³/mol. The molecule has 4 amide bonds. The molecular weight excluding hydrogens is 360 g/mol. The molecule has 0 aliphatic carbocycles. The molecule has 2 aromatic rings. The smallest absolute Gasteiger partial charge is 0.324 e. The maximum absolute atomic E-state index is 12.5. The van der Waals surface area contributed by atoms with Gasteiger partial charge in [-0.25, -0.2) is 4.79 Å². The molecule has 1 saturated heterocycles. The molecule has 150 valence electrons. The van der Waals surface area contributed by atoms with Gasteiger partial charge < -0.3 is 20.4 Å². The summed E-state index contributed by atoms with van der Waals surface area (Å²) >= 11 is 0. The van der Waals surface area contributed by atoms with Crippen LogP contribution < -0.4 is 15.4 Å². The lowest BCUT2D eigenvalue weighted by molar-refractivity contribution is -0.127. The van der Waals surface area contributed by atoms with Gasteiger partial charge in [0.15, 0.2) is 0 Å². The van der Waals surface area contributed by atoms with Crippen LogP contribution in [0.15, 0.2) is 24.4 Å². The lowest BCUT2D eigenvalue weighted by Crippen LogP contribution is -2.34. The first kappa shape index (κ1) is 19.7. The standard InChI is InChI=1S/C20H26N4O4/c1-3-9-21-18(25)7-6-17-19(26)24(20(27)23-17)10-8-13-12-22-16-5-4-14(28-2)11-15(13)16/h4-5,11-12,17,22H,3,6-10H2,1-2H3,(H,21,25)(H,23,27)/t17-/m1/s1. The summed E-state index contributed by atoms with van der Waals surface area (Å²) in [6.07, 6.45) is 3.81. The zero-order chi connectivity index (χ0) is 20.1. The van der Waals surface area contributed by atoms with E-state index in [4.69, 9.17) is 4.74 Å². The van der Waals surface area contributed by atoms with Crippen LogP contribution in [0, 0.1) is 0 Å². The third-order valence-corrected chi connectivity index (χ3v) is 4.92. The summed E-state index contributed by atoms with van der Waals surface area (Å²) in [4.78, 5) is 40.9. The Balaban J connectivity index is 1.58. The number of nitrogens with zero attached hydrogens (tertiary/aromatic N) is 1. The van der Waals surface area contributed by atoms with Gasteiger partial charge in [0, 0.05) is 36.6 Å². The second kappa shape index (κ2) is 8.77. The van der Waals surface area contributed by atoms with Crippen LogP contribution in [-0.4, -0.2) is 54.0 Å². The summed E-state index contributed by atoms with van der Waals surface area (Å²) in [7, 11) is 1.61. The molecule has 0 saturated carbocycles. The van der Waals surface area contributed by atoms with Crippen molar-refractivity contribution in [2.24, 2.45) is 0 Å². The van der Waals surface area contributed by atoms with Crippen LogP contribution in [0.25, 0.3) is 10.9 Å². The number of methoxy groups -OCH3 is 1. The maximum Gasteiger partial charge on any atom is 0.324 e. The first-order valence-electron chi connectivity index (χ1n) is 9.56. The van der Waals surface area contributed by atoms with Gasteiger partial charge in [-0.15, -0.1) is 0 Å². The molecule has 28 heavy (non-hydrogen) atoms. The Morgan fingerprint density at radius 1 is 1.32 bits per heavy atom. The molecule has 1 fully saturated rings. The highest BCUT2D eigenvalue weighted by atomic mass is 16.5. The van der Waals surface area contributed by atoms with Gasteiger partial charge in [0.2, 0.25) is 5.91 Å². The highest BCUT2D eigenvalue weighted by molar-refractivity contribution is 6.04. The first-order chi connectivity index (χ1) is 13.5. The minimum Gasteiger partial charge on any atom is -0.497 e. The number of carbonyl (C=O) groups is 3. The predicted octanol–water partition coefficient (Wildman–Crippen LogP) is 1.95. The molecule has 1 aromatic carbocycles. The van der Waals surface area contributed by atoms with E-state index < -0.39 is 12.1 Å². The Bertz CT molecular complexity index is 876. The number of benzene rings is 1. The molecule has 0 bridgehead atoms. The van der Waals surface area contributed by atoms with Crippen LogP contribution >= 0.6 is 0 Å². The quantitative estimate of drug-likeness (QED) is 0.573. The molecule has 0 radical (unpaired) electrons. The molecule has 1 aliphatic heterocycles. The Labute approximate surface area is 163 Å². The van der Waals surface area contributed by atoms with E-state index in [2.05, 4.69) is 15.6 Å². The van der Waals surface area contributed by atoms with Crippen molar-refractivity contribution in [3.8, 4) is 5.75 Å². The molecule has 1 aromatic heterocycles. The number of urea groups is 1. The summed E-state index contributed by atoms with van der Waals surface area (Å²) in [5, 5.41) is 6.46. The van der Waals surface area contributed by atoms with Crippen molar-refractivity contribution in [3.05, 3.63) is 30.0 Å². The topological polar surface area (TPSA) is 104 Å². The second-order valence-corrected chi connectivity index (χ2v) is 6.86. The zero-order valence-corrected chi connectivity index (χ0v) is 16.2. The number of ether oxygens (including phenoxy) is 1. The van der Waals surface area contributed by atoms with Crippen LogP contribution in [-0.2, 0) is 16.0 Å². The third kappa shape index (κ3) is 4.27. The van der Waals surface area contributed by atoms with Gasteiger partial charge in [0.25, 0.3) is 5.91 Å². The van der Waals surface area contributed by atoms with Crippen LogP contribution in [0.3, 0.4) is 0 Å². The zero-order valence-electron chi connectivity index (χ0n) is 16.2. The van der Waals surface area contributed by atoms with Gasteiger partial charge in [-0.2, -0.15) is 0 Å². The highest BCUT2D eigenvalue weighted by Crippen LogP contribution is 2.24. The van der Waals surface area contributed by atoms with Crippen LogP contribution in [0.5, 0.6) is 5.75 Å². The fraction of sp³-hybridized carbons (Fsp3) is 0.450. The summed E-state index contributed by atoms with van der Waals surface area (Å²) in [5.74, 6) is 0.380. The molecule has 3 N–H and O–H groups in total. The molecule has 0 spiro atoms. The fourth-order valence-electron chi connectivity index (χ4n) is 3.34. The van der Waals surface area contributed by atoms with E-state index in [1.165, 1.54) is 4.90 Å². The van der Waals surface area contributed by atoms with Crippen molar-refractivity contribution in [2.75, 3.05) is 20.2 Å². The van der Waals surface area contributed by atoms with E-state index >= 15 is 0 Å². The number of rotatable bonds is 9. The van der Waals surface area contributed by atoms with E-state index in [9.17, 15) is 14.4 Å². The van der Waals surface area contributed by atoms with Crippen molar-refractivity contribution in [1.29, 1.82) is 0 Å². The molecular formula is C20H26N4O4. The monoisotopic (exact) mass is 386 g/mol. The van der Waals surface area contributed by atoms with Crippen LogP contribution in [0.2, 0.25) is 0 Å². The Morgan fingerprint density at radius 3 is 2.89 bits per heavy atom. The Morgan fingerprint density at radius 2 is 2.14 bits per heavy atom. The van der Waals surface area contributed by atoms with Gasteiger partial charge in [0.05, 0.1) is 7.11 Å². The highest BCUT2D eigenvalue weighted by Gasteiger charge is 2.37. The number of aromatic nitrogens is 1. The van der Waals surface area contributed by atoms with Gasteiger partial charge in [-0.05, 0) is 43.0 Å². The minimum atomic E-state index is -0.636. The summed E-state index contributed by atoms with van der Waals surface area (Å²) < 4.78 is 5.27. The first-order valence-corrected chi connectivity index (χ1v) is 9.56. The molecule has 1 atom stereocenters. The molecule has 3 rings (SSSR count). The average molecular weight is 386 g/mol. The van der Waals surface area contributed by atoms with Crippen molar-refractivity contribution in [3.63, 3.8) is 0 Å². The van der Waals surface area contributed by atoms with Gasteiger partial charge in [-0.3, -0.25) is 14.5 Å². The number of nitrogens with one attached hydrogen (secondary N) is 3. The Hall–Kier alpha value is -3.03. The minimum absolute atomic E-state index is 0.102. The normalized spacial score (nSPS) is 16.5. The lowest BCUT2D eigenvalue weighted by Gasteiger charge is -2.13. The van der Waals surface area contributed by atoms with Crippen molar-refractivity contribution < 1.29 is 19.1 Å². The molecule has 8 nitrogen and oxygen atoms in total. The fourth-order valence-corrected chi connectivity index (χ4v) is 3.34. The Kier molecular flexibility index (Phi) is 6.18. The van der Waals surface area contributed by atoms with Crippen molar-refractivity contribution >= 4 is 28.7 Å². The number of amides is 4. The van der Waals surface area contributed by atoms with E-state index in [1.807, 2.05) is 31.3 Å². The number of hydrogen-bond donors (Lipinski definition) is 3. The van der Waals surface area contributed by atoms with E-state index in [0.717, 1.165) is 28.6 Å². The average Bonchev–Trinajstić information content (AvgIpc) is 3.22. The van der Waals surface area contributed by atoms with Crippen LogP contribution in [0.4, 0.5) is 4.79 Å². The van der Waals surface area contributed by atoms with Gasteiger partial charge in [-0.1, -0.05) is 6.92 Å². The summed E-state index contributed by atoms with van der Waals surface area (Å²) in [5.41, 5.74) is 1.99. The molecule has 0 unspecified atom stereocenters. The molecule has 1 aliphatic rings. The number of fused-ring (bicyclic) bond motifs is 1. The van der Waals surface area contributed by atoms with E-state index in [1.54, 1.807) is 7.11 Å². The van der Waals surface area contributed by atoms with Crippen molar-refractivity contribution in [2.45, 2.75) is 38.6 Å². The number of imide groups is 1. The third-order valence-electron chi connectivity index (χ3n) is 4.92. The van der Waals surface area contributed by atoms with Gasteiger partial charge >= 0.3 is 6.03 Å². The van der Waals surface area contributed by atoms with E-state index in [0.29, 0.717) is 19.4 Å². The largest absolute Gasteiger partial charge is 0.497 e. The summed E-state index contributed by atoms with van der Waals surface area (Å²) in [6, 6.07) is 4.71. The van der Waals surface area contributed by atoms with E-state index in [-0.39, 0.29) is 24.8 Å². The van der Waals surface area contributed by atoms with Gasteiger partial charge in [0.1, 0.15) is 11.8 Å². The molecule has 8 heteroatoms.